The number of phenolic OH excluding ortho intramolecular Hbond substituents is 1. The largest absolute Gasteiger partial charge is 0.506 e. The smallest absolute Gasteiger partial charge is 0.143 e. The summed E-state index contributed by atoms with van der Waals surface area (Å²) in [6.07, 6.45) is 6.91. The molecule has 0 spiro atoms. The lowest BCUT2D eigenvalue weighted by atomic mass is 9.95. The van der Waals surface area contributed by atoms with Crippen molar-refractivity contribution in [1.29, 1.82) is 5.26 Å². The number of imidazole rings is 1. The van der Waals surface area contributed by atoms with E-state index in [0.29, 0.717) is 46.4 Å². The molecule has 0 bridgehead atoms. The second-order valence-corrected chi connectivity index (χ2v) is 10.9. The van der Waals surface area contributed by atoms with Gasteiger partial charge in [0.2, 0.25) is 0 Å². The van der Waals surface area contributed by atoms with Gasteiger partial charge in [-0.05, 0) is 50.5 Å². The van der Waals surface area contributed by atoms with E-state index in [9.17, 15) is 19.1 Å². The number of phenols is 1. The van der Waals surface area contributed by atoms with Gasteiger partial charge in [-0.1, -0.05) is 12.1 Å². The van der Waals surface area contributed by atoms with E-state index in [1.54, 1.807) is 24.4 Å². The van der Waals surface area contributed by atoms with E-state index in [1.807, 2.05) is 42.4 Å². The molecule has 0 aliphatic carbocycles. The highest BCUT2D eigenvalue weighted by atomic mass is 19.1. The van der Waals surface area contributed by atoms with Crippen molar-refractivity contribution in [1.82, 2.24) is 19.1 Å². The normalized spacial score (nSPS) is 14.8. The fraction of sp³-hybridized carbons (Fsp3) is 0.281. The number of anilines is 1. The van der Waals surface area contributed by atoms with E-state index in [4.69, 9.17) is 10.7 Å². The number of rotatable bonds is 5. The summed E-state index contributed by atoms with van der Waals surface area (Å²) in [6.45, 7) is 5.25. The van der Waals surface area contributed by atoms with Crippen molar-refractivity contribution in [3.8, 4) is 34.1 Å². The number of hydrogen-bond donors (Lipinski definition) is 2. The van der Waals surface area contributed by atoms with E-state index >= 15 is 0 Å². The van der Waals surface area contributed by atoms with Crippen molar-refractivity contribution in [2.45, 2.75) is 38.8 Å². The van der Waals surface area contributed by atoms with Crippen LogP contribution in [0.5, 0.6) is 5.75 Å². The van der Waals surface area contributed by atoms with Crippen molar-refractivity contribution < 1.29 is 13.9 Å². The van der Waals surface area contributed by atoms with Crippen LogP contribution >= 0.6 is 0 Å². The Morgan fingerprint density at radius 3 is 2.40 bits per heavy atom. The minimum Gasteiger partial charge on any atom is -0.506 e. The first-order valence-corrected chi connectivity index (χ1v) is 13.9. The number of fused-ring (bicyclic) bond motifs is 1. The average molecular weight is 568 g/mol. The highest BCUT2D eigenvalue weighted by molar-refractivity contribution is 6.09. The lowest BCUT2D eigenvalue weighted by molar-refractivity contribution is 0.475. The Labute approximate surface area is 242 Å². The molecule has 0 amide bonds. The van der Waals surface area contributed by atoms with Crippen LogP contribution in [0.3, 0.4) is 0 Å². The Hall–Kier alpha value is -4.75. The summed E-state index contributed by atoms with van der Waals surface area (Å²) in [5, 5.41) is 21.6. The third kappa shape index (κ3) is 4.56. The van der Waals surface area contributed by atoms with Crippen molar-refractivity contribution in [2.24, 2.45) is 12.8 Å². The summed E-state index contributed by atoms with van der Waals surface area (Å²) in [5.74, 6) is -0.651. The first-order valence-electron chi connectivity index (χ1n) is 13.9. The van der Waals surface area contributed by atoms with Crippen LogP contribution in [0.1, 0.15) is 42.9 Å². The fourth-order valence-corrected chi connectivity index (χ4v) is 5.97. The minimum atomic E-state index is -0.686. The average Bonchev–Trinajstić information content (AvgIpc) is 3.52. The van der Waals surface area contributed by atoms with Gasteiger partial charge in [-0.15, -0.1) is 0 Å². The Kier molecular flexibility index (Phi) is 6.91. The molecule has 1 atom stereocenters. The van der Waals surface area contributed by atoms with Crippen LogP contribution in [-0.4, -0.2) is 43.3 Å². The van der Waals surface area contributed by atoms with E-state index in [1.165, 1.54) is 12.1 Å². The molecule has 3 N–H and O–H groups in total. The summed E-state index contributed by atoms with van der Waals surface area (Å²) >= 11 is 0. The van der Waals surface area contributed by atoms with E-state index in [-0.39, 0.29) is 23.4 Å². The van der Waals surface area contributed by atoms with Gasteiger partial charge in [0.05, 0.1) is 34.6 Å². The maximum atomic E-state index is 14.5. The maximum absolute atomic E-state index is 14.5. The molecular weight excluding hydrogens is 536 g/mol. The number of benzene rings is 2. The maximum Gasteiger partial charge on any atom is 0.143 e. The molecule has 2 aromatic carbocycles. The number of nitrogens with two attached hydrogens (primary N) is 1. The van der Waals surface area contributed by atoms with Crippen LogP contribution < -0.4 is 10.6 Å². The summed E-state index contributed by atoms with van der Waals surface area (Å²) in [7, 11) is 1.95. The van der Waals surface area contributed by atoms with Gasteiger partial charge in [0.25, 0.3) is 0 Å². The third-order valence-corrected chi connectivity index (χ3v) is 8.39. The lowest BCUT2D eigenvalue weighted by Gasteiger charge is -2.34. The topological polar surface area (TPSA) is 109 Å². The van der Waals surface area contributed by atoms with Crippen molar-refractivity contribution in [3.63, 3.8) is 0 Å². The number of piperidine rings is 1. The van der Waals surface area contributed by atoms with Crippen LogP contribution in [-0.2, 0) is 7.05 Å². The minimum absolute atomic E-state index is 0.0576. The summed E-state index contributed by atoms with van der Waals surface area (Å²) in [4.78, 5) is 11.5. The van der Waals surface area contributed by atoms with Gasteiger partial charge in [0, 0.05) is 61.3 Å². The molecule has 5 aromatic rings. The Morgan fingerprint density at radius 1 is 1.05 bits per heavy atom. The van der Waals surface area contributed by atoms with Crippen LogP contribution in [0.4, 0.5) is 14.5 Å². The molecule has 8 nitrogen and oxygen atoms in total. The van der Waals surface area contributed by atoms with Gasteiger partial charge in [0.1, 0.15) is 34.9 Å². The van der Waals surface area contributed by atoms with Gasteiger partial charge in [-0.25, -0.2) is 18.7 Å². The van der Waals surface area contributed by atoms with Crippen LogP contribution in [0.15, 0.2) is 55.0 Å². The molecule has 1 unspecified atom stereocenters. The number of halogens is 2. The Morgan fingerprint density at radius 2 is 1.76 bits per heavy atom. The quantitative estimate of drug-likeness (QED) is 0.278. The molecule has 3 aromatic heterocycles. The number of nitriles is 1. The zero-order valence-corrected chi connectivity index (χ0v) is 23.6. The van der Waals surface area contributed by atoms with Gasteiger partial charge >= 0.3 is 0 Å². The Balaban J connectivity index is 1.71. The number of hydrogen-bond acceptors (Lipinski definition) is 6. The highest BCUT2D eigenvalue weighted by Gasteiger charge is 2.29. The van der Waals surface area contributed by atoms with Gasteiger partial charge in [0.15, 0.2) is 0 Å². The number of nitrogens with zero attached hydrogens (tertiary/aromatic N) is 6. The lowest BCUT2D eigenvalue weighted by Crippen LogP contribution is -2.40. The van der Waals surface area contributed by atoms with Crippen molar-refractivity contribution >= 4 is 16.7 Å². The highest BCUT2D eigenvalue weighted by Crippen LogP contribution is 2.46. The standard InChI is InChI=1S/C32H31F2N7O/c1-18(28-16-37-19(2)39(28)3)41-17-27(25-6-4-5-20(14-35)31(25)42)29-30(40-9-7-24(36)8-10-40)26(15-38-32(29)41)21-11-22(33)13-23(34)12-21/h4-6,11-13,15-18,24,42H,7-10,36H2,1-3H3. The van der Waals surface area contributed by atoms with Crippen molar-refractivity contribution in [2.75, 3.05) is 18.0 Å². The molecule has 1 saturated heterocycles. The van der Waals surface area contributed by atoms with Gasteiger partial charge in [-0.2, -0.15) is 5.26 Å². The molecular formula is C32H31F2N7O. The molecule has 214 valence electrons. The molecule has 4 heterocycles. The fourth-order valence-electron chi connectivity index (χ4n) is 5.97. The third-order valence-electron chi connectivity index (χ3n) is 8.39. The van der Waals surface area contributed by atoms with E-state index in [0.717, 1.165) is 36.1 Å². The number of para-hydroxylation sites is 1. The molecule has 6 rings (SSSR count). The number of aromatic hydroxyl groups is 1. The molecule has 42 heavy (non-hydrogen) atoms. The van der Waals surface area contributed by atoms with Crippen LogP contribution in [0, 0.1) is 29.9 Å². The number of aryl methyl sites for hydroxylation is 1. The van der Waals surface area contributed by atoms with Gasteiger partial charge in [-0.3, -0.25) is 0 Å². The number of pyridine rings is 1. The van der Waals surface area contributed by atoms with Crippen LogP contribution in [0.25, 0.3) is 33.3 Å². The molecule has 0 radical (unpaired) electrons. The first kappa shape index (κ1) is 27.4. The van der Waals surface area contributed by atoms with E-state index < -0.39 is 11.6 Å². The van der Waals surface area contributed by atoms with Crippen molar-refractivity contribution in [3.05, 3.63) is 83.7 Å². The Bertz CT molecular complexity index is 1840. The second kappa shape index (κ2) is 10.6. The second-order valence-electron chi connectivity index (χ2n) is 10.9. The zero-order valence-electron chi connectivity index (χ0n) is 23.6. The predicted octanol–water partition coefficient (Wildman–Crippen LogP) is 5.80. The first-order chi connectivity index (χ1) is 20.2. The summed E-state index contributed by atoms with van der Waals surface area (Å²) in [6, 6.07) is 10.4. The number of aromatic nitrogens is 4. The monoisotopic (exact) mass is 567 g/mol. The zero-order chi connectivity index (χ0) is 29.7. The van der Waals surface area contributed by atoms with Gasteiger partial charge < -0.3 is 24.9 Å². The molecule has 0 saturated carbocycles. The molecule has 1 aliphatic heterocycles. The summed E-state index contributed by atoms with van der Waals surface area (Å²) in [5.41, 5.74) is 10.8. The molecule has 1 aliphatic rings. The predicted molar refractivity (Wildman–Crippen MR) is 158 cm³/mol. The SMILES string of the molecule is Cc1ncc(C(C)n2cc(-c3cccc(C#N)c3O)c3c(N4CCC(N)CC4)c(-c4cc(F)cc(F)c4)cnc32)n1C. The summed E-state index contributed by atoms with van der Waals surface area (Å²) < 4.78 is 33.0. The molecule has 10 heteroatoms. The van der Waals surface area contributed by atoms with E-state index in [2.05, 4.69) is 16.0 Å². The van der Waals surface area contributed by atoms with Crippen LogP contribution in [0.2, 0.25) is 0 Å². The molecule has 1 fully saturated rings.